The number of hydrogen-bond donors (Lipinski definition) is 1. The van der Waals surface area contributed by atoms with Crippen LogP contribution in [0, 0.1) is 11.8 Å². The molecule has 0 spiro atoms. The van der Waals surface area contributed by atoms with Crippen molar-refractivity contribution in [3.05, 3.63) is 65.2 Å². The largest absolute Gasteiger partial charge is 0.466 e. The Bertz CT molecular complexity index is 1290. The van der Waals surface area contributed by atoms with E-state index in [0.29, 0.717) is 36.2 Å². The molecule has 9 nitrogen and oxygen atoms in total. The fourth-order valence-corrected chi connectivity index (χ4v) is 4.25. The summed E-state index contributed by atoms with van der Waals surface area (Å²) in [5, 5.41) is 2.70. The number of anilines is 1. The number of carbonyl (C=O) groups excluding carboxylic acids is 4. The SMILES string of the molecule is CCOC(=O)CC(c1ccccc1)N1CC(=O)N(C)c2ccc(C#CCCCNC(=O)OC(C)(C)C)cc2C1=O. The highest BCUT2D eigenvalue weighted by molar-refractivity contribution is 6.09. The fraction of sp³-hybridized carbons (Fsp3) is 0.419. The number of benzene rings is 2. The first-order valence-electron chi connectivity index (χ1n) is 13.4. The van der Waals surface area contributed by atoms with Crippen molar-refractivity contribution >= 4 is 29.6 Å². The lowest BCUT2D eigenvalue weighted by molar-refractivity contribution is -0.144. The third-order valence-electron chi connectivity index (χ3n) is 6.13. The first-order chi connectivity index (χ1) is 19.0. The van der Waals surface area contributed by atoms with E-state index in [1.54, 1.807) is 52.9 Å². The van der Waals surface area contributed by atoms with E-state index >= 15 is 0 Å². The summed E-state index contributed by atoms with van der Waals surface area (Å²) in [5.74, 6) is 5.06. The molecule has 1 heterocycles. The van der Waals surface area contributed by atoms with Crippen molar-refractivity contribution in [1.29, 1.82) is 0 Å². The number of alkyl carbamates (subject to hydrolysis) is 1. The Morgan fingerprint density at radius 1 is 1.10 bits per heavy atom. The van der Waals surface area contributed by atoms with E-state index in [2.05, 4.69) is 17.2 Å². The minimum atomic E-state index is -0.678. The minimum absolute atomic E-state index is 0.0766. The van der Waals surface area contributed by atoms with E-state index < -0.39 is 23.7 Å². The Morgan fingerprint density at radius 2 is 1.82 bits per heavy atom. The molecule has 0 bridgehead atoms. The van der Waals surface area contributed by atoms with Gasteiger partial charge in [-0.25, -0.2) is 4.79 Å². The van der Waals surface area contributed by atoms with Crippen LogP contribution in [0.2, 0.25) is 0 Å². The van der Waals surface area contributed by atoms with Gasteiger partial charge in [-0.1, -0.05) is 42.2 Å². The Morgan fingerprint density at radius 3 is 2.50 bits per heavy atom. The summed E-state index contributed by atoms with van der Waals surface area (Å²) in [4.78, 5) is 54.2. The van der Waals surface area contributed by atoms with Crippen molar-refractivity contribution in [2.24, 2.45) is 0 Å². The zero-order valence-electron chi connectivity index (χ0n) is 23.8. The number of likely N-dealkylation sites (N-methyl/N-ethyl adjacent to an activating group) is 1. The van der Waals surface area contributed by atoms with Gasteiger partial charge in [0.1, 0.15) is 12.1 Å². The summed E-state index contributed by atoms with van der Waals surface area (Å²) in [7, 11) is 1.63. The van der Waals surface area contributed by atoms with Gasteiger partial charge in [-0.2, -0.15) is 0 Å². The van der Waals surface area contributed by atoms with E-state index in [1.807, 2.05) is 30.3 Å². The quantitative estimate of drug-likeness (QED) is 0.297. The Hall–Kier alpha value is -4.32. The predicted octanol–water partition coefficient (Wildman–Crippen LogP) is 4.46. The molecule has 1 aliphatic rings. The number of esters is 1. The first-order valence-corrected chi connectivity index (χ1v) is 13.4. The van der Waals surface area contributed by atoms with Crippen molar-refractivity contribution < 1.29 is 28.7 Å². The number of nitrogens with zero attached hydrogens (tertiary/aromatic N) is 2. The number of hydrogen-bond acceptors (Lipinski definition) is 6. The van der Waals surface area contributed by atoms with Crippen LogP contribution in [-0.2, 0) is 19.1 Å². The van der Waals surface area contributed by atoms with E-state index in [1.165, 1.54) is 9.80 Å². The zero-order chi connectivity index (χ0) is 29.3. The standard InChI is InChI=1S/C31H37N3O6/c1-6-39-28(36)20-26(23-14-10-7-11-15-23)34-21-27(35)33(5)25-17-16-22(19-24(25)29(34)37)13-9-8-12-18-32-30(38)40-31(2,3)4/h7,10-11,14-17,19,26H,6,8,12,18,20-21H2,1-5H3,(H,32,38). The van der Waals surface area contributed by atoms with Crippen LogP contribution in [0.3, 0.4) is 0 Å². The molecule has 3 rings (SSSR count). The molecule has 1 N–H and O–H groups in total. The molecule has 0 radical (unpaired) electrons. The van der Waals surface area contributed by atoms with Gasteiger partial charge in [0, 0.05) is 25.6 Å². The molecule has 3 amide bonds. The molecule has 2 aromatic rings. The smallest absolute Gasteiger partial charge is 0.407 e. The van der Waals surface area contributed by atoms with Gasteiger partial charge in [-0.05, 0) is 57.9 Å². The maximum atomic E-state index is 13.9. The number of rotatable bonds is 8. The number of carbonyl (C=O) groups is 4. The molecule has 9 heteroatoms. The van der Waals surface area contributed by atoms with Crippen LogP contribution in [0.5, 0.6) is 0 Å². The van der Waals surface area contributed by atoms with Crippen LogP contribution in [0.25, 0.3) is 0 Å². The molecule has 40 heavy (non-hydrogen) atoms. The summed E-state index contributed by atoms with van der Waals surface area (Å²) >= 11 is 0. The highest BCUT2D eigenvalue weighted by Crippen LogP contribution is 2.32. The number of ether oxygens (including phenoxy) is 2. The van der Waals surface area contributed by atoms with Crippen LogP contribution in [0.4, 0.5) is 10.5 Å². The molecule has 0 aliphatic carbocycles. The summed E-state index contributed by atoms with van der Waals surface area (Å²) in [6, 6.07) is 13.6. The van der Waals surface area contributed by atoms with Gasteiger partial charge in [-0.3, -0.25) is 14.4 Å². The topological polar surface area (TPSA) is 105 Å². The molecule has 0 aromatic heterocycles. The third kappa shape index (κ3) is 8.34. The molecular formula is C31H37N3O6. The van der Waals surface area contributed by atoms with Gasteiger partial charge in [0.25, 0.3) is 5.91 Å². The molecule has 0 saturated heterocycles. The van der Waals surface area contributed by atoms with Crippen LogP contribution in [0.15, 0.2) is 48.5 Å². The van der Waals surface area contributed by atoms with Crippen molar-refractivity contribution in [3.8, 4) is 11.8 Å². The number of fused-ring (bicyclic) bond motifs is 1. The van der Waals surface area contributed by atoms with Gasteiger partial charge >= 0.3 is 12.1 Å². The molecule has 1 aliphatic heterocycles. The van der Waals surface area contributed by atoms with E-state index in [-0.39, 0.29) is 31.4 Å². The van der Waals surface area contributed by atoms with E-state index in [0.717, 1.165) is 5.56 Å². The summed E-state index contributed by atoms with van der Waals surface area (Å²) < 4.78 is 10.4. The Kier molecular flexibility index (Phi) is 10.3. The maximum Gasteiger partial charge on any atom is 0.407 e. The molecule has 212 valence electrons. The molecule has 1 unspecified atom stereocenters. The number of amides is 3. The first kappa shape index (κ1) is 30.2. The van der Waals surface area contributed by atoms with Gasteiger partial charge in [0.2, 0.25) is 5.91 Å². The average Bonchev–Trinajstić information content (AvgIpc) is 2.99. The Balaban J connectivity index is 1.80. The maximum absolute atomic E-state index is 13.9. The monoisotopic (exact) mass is 547 g/mol. The van der Waals surface area contributed by atoms with Crippen LogP contribution in [0.1, 0.15) is 74.5 Å². The highest BCUT2D eigenvalue weighted by Gasteiger charge is 2.36. The lowest BCUT2D eigenvalue weighted by atomic mass is 10.00. The normalized spacial score (nSPS) is 13.9. The number of unbranched alkanes of at least 4 members (excludes halogenated alkanes) is 1. The second-order valence-corrected chi connectivity index (χ2v) is 10.4. The second-order valence-electron chi connectivity index (χ2n) is 10.4. The average molecular weight is 548 g/mol. The summed E-state index contributed by atoms with van der Waals surface area (Å²) in [6.45, 7) is 7.60. The van der Waals surface area contributed by atoms with Gasteiger partial charge in [0.05, 0.1) is 30.3 Å². The van der Waals surface area contributed by atoms with Crippen LogP contribution < -0.4 is 10.2 Å². The molecule has 1 atom stereocenters. The van der Waals surface area contributed by atoms with Gasteiger partial charge in [0.15, 0.2) is 0 Å². The third-order valence-corrected chi connectivity index (χ3v) is 6.13. The fourth-order valence-electron chi connectivity index (χ4n) is 4.25. The highest BCUT2D eigenvalue weighted by atomic mass is 16.6. The second kappa shape index (κ2) is 13.7. The molecule has 0 fully saturated rings. The van der Waals surface area contributed by atoms with Crippen molar-refractivity contribution in [1.82, 2.24) is 10.2 Å². The minimum Gasteiger partial charge on any atom is -0.466 e. The van der Waals surface area contributed by atoms with Crippen LogP contribution in [-0.4, -0.2) is 61.1 Å². The molecule has 2 aromatic carbocycles. The van der Waals surface area contributed by atoms with Crippen molar-refractivity contribution in [3.63, 3.8) is 0 Å². The molecular weight excluding hydrogens is 510 g/mol. The zero-order valence-corrected chi connectivity index (χ0v) is 23.8. The van der Waals surface area contributed by atoms with Gasteiger partial charge in [-0.15, -0.1) is 0 Å². The van der Waals surface area contributed by atoms with Gasteiger partial charge < -0.3 is 24.6 Å². The number of nitrogens with one attached hydrogen (secondary N) is 1. The van der Waals surface area contributed by atoms with Crippen LogP contribution >= 0.6 is 0 Å². The van der Waals surface area contributed by atoms with Crippen molar-refractivity contribution in [2.45, 2.75) is 58.6 Å². The van der Waals surface area contributed by atoms with E-state index in [4.69, 9.17) is 9.47 Å². The lowest BCUT2D eigenvalue weighted by Gasteiger charge is -2.30. The lowest BCUT2D eigenvalue weighted by Crippen LogP contribution is -2.41. The summed E-state index contributed by atoms with van der Waals surface area (Å²) in [5.41, 5.74) is 1.61. The predicted molar refractivity (Wildman–Crippen MR) is 152 cm³/mol. The molecule has 0 saturated carbocycles. The Labute approximate surface area is 235 Å². The van der Waals surface area contributed by atoms with E-state index in [9.17, 15) is 19.2 Å². The summed E-state index contributed by atoms with van der Waals surface area (Å²) in [6.07, 6.45) is 0.617. The van der Waals surface area contributed by atoms with Crippen molar-refractivity contribution in [2.75, 3.05) is 31.6 Å².